The van der Waals surface area contributed by atoms with Gasteiger partial charge in [0.1, 0.15) is 0 Å². The molecule has 13 aromatic rings. The van der Waals surface area contributed by atoms with Crippen LogP contribution < -0.4 is 0 Å². The lowest BCUT2D eigenvalue weighted by molar-refractivity contribution is 0.0501. The summed E-state index contributed by atoms with van der Waals surface area (Å²) < 4.78 is 0. The highest BCUT2D eigenvalue weighted by atomic mass is 16.2. The summed E-state index contributed by atoms with van der Waals surface area (Å²) >= 11 is 0. The minimum atomic E-state index is -0.180. The monoisotopic (exact) mass is 1750 g/mol. The molecule has 17 rings (SSSR count). The molecule has 0 fully saturated rings. The highest BCUT2D eigenvalue weighted by Gasteiger charge is 2.44. The summed E-state index contributed by atoms with van der Waals surface area (Å²) in [5.41, 5.74) is 4.91. The molecule has 0 saturated carbocycles. The van der Waals surface area contributed by atoms with Gasteiger partial charge in [0, 0.05) is 90.2 Å². The van der Waals surface area contributed by atoms with Crippen molar-refractivity contribution in [2.75, 3.05) is 0 Å². The molecule has 13 aromatic carbocycles. The predicted octanol–water partition coefficient (Wildman–Crippen LogP) is 33.1. The van der Waals surface area contributed by atoms with Crippen molar-refractivity contribution in [2.45, 2.75) is 388 Å². The molecule has 4 aliphatic heterocycles. The molecule has 0 N–H and O–H groups in total. The van der Waals surface area contributed by atoms with Gasteiger partial charge in [0.25, 0.3) is 47.3 Å². The van der Waals surface area contributed by atoms with E-state index in [1.165, 1.54) is 154 Å². The Morgan fingerprint density at radius 1 is 0.146 bits per heavy atom. The van der Waals surface area contributed by atoms with Crippen molar-refractivity contribution in [1.82, 2.24) is 19.6 Å². The van der Waals surface area contributed by atoms with E-state index in [-0.39, 0.29) is 71.4 Å². The van der Waals surface area contributed by atoms with E-state index in [9.17, 15) is 38.4 Å². The van der Waals surface area contributed by atoms with Crippen LogP contribution in [0.2, 0.25) is 0 Å². The third-order valence-corrected chi connectivity index (χ3v) is 30.7. The van der Waals surface area contributed by atoms with Gasteiger partial charge in [-0.2, -0.15) is 0 Å². The van der Waals surface area contributed by atoms with Crippen molar-refractivity contribution in [3.63, 3.8) is 0 Å². The van der Waals surface area contributed by atoms with Gasteiger partial charge in [0.2, 0.25) is 0 Å². The Labute approximate surface area is 772 Å². The molecule has 4 heterocycles. The fraction of sp³-hybridized carbons (Fsp3) is 0.508. The normalized spacial score (nSPS) is 14.3. The fourth-order valence-corrected chi connectivity index (χ4v) is 23.8. The van der Waals surface area contributed by atoms with Gasteiger partial charge in [-0.15, -0.1) is 0 Å². The first-order valence-corrected chi connectivity index (χ1v) is 52.2. The standard InChI is InChI=1S/C64H74N2O4.C54H70N2O4/c1-5-9-13-17-21-25-41(26-22-18-14-10-6-2)65-61(67)51-37-33-47-43-29-31-45-49-35-39-53-60-54(64(70)66(63(53)69)42(27-23-19-15-11-7-3)28-24-20-16-12-8-4)40-36-50(58(49)60)46-32-30-44(55(43)56(45)46)48-34-38-52(62(65)68)59(51)57(47)48;1-5-9-13-17-21-25-37(26-22-18-14-10-6-2)55-51(57)43-33-29-39-41-31-35-45-50-46(36-32-42(48(41)50)40-30-34-44(52(55)58)49(43)47(39)40)54(60)56(53(45)59)38(27-23-19-15-11-7-3)28-24-20-16-12-8-4/h29-42H,5-28H2,1-4H3;29-38H,5-28H2,1-4H3. The third kappa shape index (κ3) is 18.0. The summed E-state index contributed by atoms with van der Waals surface area (Å²) in [6, 6.07) is 40.8. The molecule has 0 atom stereocenters. The Bertz CT molecular complexity index is 5570. The highest BCUT2D eigenvalue weighted by molar-refractivity contribution is 6.46. The molecular weight excluding hydrogens is 1600 g/mol. The number of imide groups is 4. The number of benzene rings is 13. The first-order chi connectivity index (χ1) is 63.7. The van der Waals surface area contributed by atoms with Crippen LogP contribution in [-0.2, 0) is 0 Å². The maximum Gasteiger partial charge on any atom is 0.261 e. The van der Waals surface area contributed by atoms with Crippen LogP contribution in [0.15, 0.2) is 121 Å². The van der Waals surface area contributed by atoms with Crippen molar-refractivity contribution in [2.24, 2.45) is 0 Å². The molecular formula is C118H144N4O8. The van der Waals surface area contributed by atoms with Crippen molar-refractivity contribution in [3.05, 3.63) is 166 Å². The van der Waals surface area contributed by atoms with Gasteiger partial charge >= 0.3 is 0 Å². The number of fused-ring (bicyclic) bond motifs is 6. The molecule has 0 aromatic heterocycles. The van der Waals surface area contributed by atoms with Gasteiger partial charge in [0.15, 0.2) is 0 Å². The van der Waals surface area contributed by atoms with E-state index in [0.29, 0.717) is 44.5 Å². The number of hydrogen-bond donors (Lipinski definition) is 0. The molecule has 0 radical (unpaired) electrons. The molecule has 0 saturated heterocycles. The Hall–Kier alpha value is -9.94. The topological polar surface area (TPSA) is 150 Å². The van der Waals surface area contributed by atoms with Gasteiger partial charge in [-0.05, 0) is 197 Å². The zero-order valence-electron chi connectivity index (χ0n) is 79.9. The molecule has 4 aliphatic rings. The van der Waals surface area contributed by atoms with Crippen LogP contribution in [0.25, 0.3) is 118 Å². The van der Waals surface area contributed by atoms with Crippen LogP contribution >= 0.6 is 0 Å². The summed E-state index contributed by atoms with van der Waals surface area (Å²) in [6.45, 7) is 17.8. The van der Waals surface area contributed by atoms with E-state index in [1.807, 2.05) is 72.8 Å². The number of carbonyl (C=O) groups is 8. The number of rotatable bonds is 52. The molecule has 684 valence electrons. The van der Waals surface area contributed by atoms with Crippen molar-refractivity contribution in [3.8, 4) is 0 Å². The first kappa shape index (κ1) is 93.3. The smallest absolute Gasteiger partial charge is 0.261 e. The van der Waals surface area contributed by atoms with Crippen LogP contribution in [0.5, 0.6) is 0 Å². The quantitative estimate of drug-likeness (QED) is 0.0158. The molecule has 0 spiro atoms. The van der Waals surface area contributed by atoms with Crippen LogP contribution in [0.3, 0.4) is 0 Å². The second-order valence-electron chi connectivity index (χ2n) is 39.5. The highest BCUT2D eigenvalue weighted by Crippen LogP contribution is 2.53. The molecule has 12 heteroatoms. The SMILES string of the molecule is CCCCCCCC(CCCCCCC)N1C(=O)c2ccc3c4ccc5c6c(ccc(c7ccc(c2c37)C1=O)c64)C(=O)N(C(CCCCCCC)CCCCCCC)C5=O.CCCCCCCC(CCCCCCC)N1C(=O)c2ccc3c4ccc5c6ccc7c8c(ccc(c9ccc(c%10ccc(c2c3%10)C1=O)c4c59)c86)C(=O)N(C(CCCCCCC)CCCCCCC)C7=O. The molecule has 8 amide bonds. The largest absolute Gasteiger partial charge is 0.271 e. The lowest BCUT2D eigenvalue weighted by atomic mass is 9.80. The minimum absolute atomic E-state index is 0.105. The van der Waals surface area contributed by atoms with Gasteiger partial charge in [-0.25, -0.2) is 0 Å². The van der Waals surface area contributed by atoms with E-state index in [2.05, 4.69) is 104 Å². The Balaban J connectivity index is 0.000000193. The van der Waals surface area contributed by atoms with Crippen molar-refractivity contribution >= 4 is 166 Å². The predicted molar refractivity (Wildman–Crippen MR) is 543 cm³/mol. The van der Waals surface area contributed by atoms with Gasteiger partial charge < -0.3 is 0 Å². The van der Waals surface area contributed by atoms with E-state index in [4.69, 9.17) is 0 Å². The van der Waals surface area contributed by atoms with Crippen LogP contribution in [0.4, 0.5) is 0 Å². The number of hydrogen-bond acceptors (Lipinski definition) is 8. The van der Waals surface area contributed by atoms with Gasteiger partial charge in [-0.1, -0.05) is 385 Å². The molecule has 130 heavy (non-hydrogen) atoms. The molecule has 0 bridgehead atoms. The molecule has 0 unspecified atom stereocenters. The van der Waals surface area contributed by atoms with Gasteiger partial charge in [0.05, 0.1) is 0 Å². The zero-order valence-corrected chi connectivity index (χ0v) is 79.9. The summed E-state index contributed by atoms with van der Waals surface area (Å²) in [5.74, 6) is -1.32. The average Bonchev–Trinajstić information content (AvgIpc) is 0.682. The lowest BCUT2D eigenvalue weighted by Gasteiger charge is -2.35. The molecule has 0 aliphatic carbocycles. The fourth-order valence-electron chi connectivity index (χ4n) is 23.8. The van der Waals surface area contributed by atoms with Crippen LogP contribution in [0.1, 0.15) is 446 Å². The summed E-state index contributed by atoms with van der Waals surface area (Å²) in [4.78, 5) is 124. The van der Waals surface area contributed by atoms with E-state index >= 15 is 0 Å². The summed E-state index contributed by atoms with van der Waals surface area (Å²) in [5, 5.41) is 21.5. The Kier molecular flexibility index (Phi) is 31.0. The van der Waals surface area contributed by atoms with E-state index < -0.39 is 0 Å². The Morgan fingerprint density at radius 3 is 0.377 bits per heavy atom. The third-order valence-electron chi connectivity index (χ3n) is 30.7. The Morgan fingerprint density at radius 2 is 0.254 bits per heavy atom. The minimum Gasteiger partial charge on any atom is -0.271 e. The van der Waals surface area contributed by atoms with E-state index in [1.54, 1.807) is 19.6 Å². The summed E-state index contributed by atoms with van der Waals surface area (Å²) in [7, 11) is 0. The number of amides is 8. The number of nitrogens with zero attached hydrogens (tertiary/aromatic N) is 4. The average molecular weight is 1750 g/mol. The van der Waals surface area contributed by atoms with Gasteiger partial charge in [-0.3, -0.25) is 58.0 Å². The van der Waals surface area contributed by atoms with Crippen molar-refractivity contribution < 1.29 is 38.4 Å². The van der Waals surface area contributed by atoms with Crippen molar-refractivity contribution in [1.29, 1.82) is 0 Å². The number of carbonyl (C=O) groups excluding carboxylic acids is 8. The lowest BCUT2D eigenvalue weighted by Crippen LogP contribution is -2.47. The second kappa shape index (κ2) is 43.2. The van der Waals surface area contributed by atoms with Crippen LogP contribution in [-0.4, -0.2) is 91.0 Å². The second-order valence-corrected chi connectivity index (χ2v) is 39.5. The first-order valence-electron chi connectivity index (χ1n) is 52.2. The van der Waals surface area contributed by atoms with E-state index in [0.717, 1.165) is 273 Å². The van der Waals surface area contributed by atoms with Crippen LogP contribution in [0, 0.1) is 0 Å². The zero-order chi connectivity index (χ0) is 90.6. The number of unbranched alkanes of at least 4 members (excludes halogenated alkanes) is 32. The maximum atomic E-state index is 14.8. The molecule has 12 nitrogen and oxygen atoms in total. The maximum absolute atomic E-state index is 14.8. The summed E-state index contributed by atoms with van der Waals surface area (Å²) in [6.07, 6.45) is 52.7.